The van der Waals surface area contributed by atoms with Crippen LogP contribution in [0.3, 0.4) is 0 Å². The van der Waals surface area contributed by atoms with Crippen molar-refractivity contribution in [2.45, 2.75) is 19.3 Å². The summed E-state index contributed by atoms with van der Waals surface area (Å²) in [5, 5.41) is 18.9. The third-order valence-corrected chi connectivity index (χ3v) is 5.24. The number of benzene rings is 2. The Bertz CT molecular complexity index is 1180. The van der Waals surface area contributed by atoms with Crippen LogP contribution in [0.25, 0.3) is 10.9 Å². The molecule has 3 aromatic rings. The lowest BCUT2D eigenvalue weighted by Crippen LogP contribution is -2.31. The van der Waals surface area contributed by atoms with E-state index >= 15 is 0 Å². The first-order chi connectivity index (χ1) is 13.4. The average Bonchev–Trinajstić information content (AvgIpc) is 3.10. The number of fused-ring (bicyclic) bond motifs is 4. The molecule has 1 aliphatic rings. The van der Waals surface area contributed by atoms with E-state index in [1.807, 2.05) is 13.8 Å². The van der Waals surface area contributed by atoms with Gasteiger partial charge in [-0.15, -0.1) is 0 Å². The van der Waals surface area contributed by atoms with Crippen molar-refractivity contribution in [1.82, 2.24) is 4.98 Å². The fraction of sp³-hybridized carbons (Fsp3) is 0.227. The molecule has 1 heterocycles. The van der Waals surface area contributed by atoms with Crippen LogP contribution in [-0.2, 0) is 10.2 Å². The van der Waals surface area contributed by atoms with Gasteiger partial charge in [-0.3, -0.25) is 9.59 Å². The number of nitriles is 1. The van der Waals surface area contributed by atoms with Crippen LogP contribution in [0.2, 0.25) is 0 Å². The largest absolute Gasteiger partial charge is 0.485 e. The number of aliphatic hydroxyl groups excluding tert-OH is 1. The van der Waals surface area contributed by atoms with Gasteiger partial charge in [0.25, 0.3) is 0 Å². The molecule has 0 amide bonds. The quantitative estimate of drug-likeness (QED) is 0.731. The summed E-state index contributed by atoms with van der Waals surface area (Å²) in [5.74, 6) is -0.119. The molecule has 0 fully saturated rings. The van der Waals surface area contributed by atoms with E-state index in [9.17, 15) is 9.59 Å². The number of Topliss-reactive ketones (excluding diaryl/α,β-unsaturated/α-hetero) is 1. The van der Waals surface area contributed by atoms with Gasteiger partial charge < -0.3 is 14.8 Å². The molecule has 0 spiro atoms. The van der Waals surface area contributed by atoms with Crippen molar-refractivity contribution in [3.63, 3.8) is 0 Å². The number of nitrogens with zero attached hydrogens (tertiary/aromatic N) is 1. The van der Waals surface area contributed by atoms with E-state index in [1.165, 1.54) is 0 Å². The Morgan fingerprint density at radius 3 is 2.79 bits per heavy atom. The summed E-state index contributed by atoms with van der Waals surface area (Å²) in [6.45, 7) is 3.11. The van der Waals surface area contributed by atoms with E-state index in [-0.39, 0.29) is 12.4 Å². The summed E-state index contributed by atoms with van der Waals surface area (Å²) in [4.78, 5) is 28.1. The van der Waals surface area contributed by atoms with Crippen LogP contribution in [0.1, 0.15) is 46.6 Å². The molecule has 0 bridgehead atoms. The maximum Gasteiger partial charge on any atom is 0.195 e. The zero-order chi connectivity index (χ0) is 20.1. The Hall–Kier alpha value is -3.43. The van der Waals surface area contributed by atoms with Crippen molar-refractivity contribution in [2.75, 3.05) is 13.2 Å². The summed E-state index contributed by atoms with van der Waals surface area (Å²) in [7, 11) is 0. The van der Waals surface area contributed by atoms with Gasteiger partial charge >= 0.3 is 0 Å². The molecule has 28 heavy (non-hydrogen) atoms. The van der Waals surface area contributed by atoms with Gasteiger partial charge in [0, 0.05) is 33.1 Å². The molecule has 6 heteroatoms. The number of aliphatic hydroxyl groups is 1. The van der Waals surface area contributed by atoms with Crippen LogP contribution in [0, 0.1) is 11.3 Å². The molecular formula is C22H18N2O4. The SMILES string of the molecule is CC1(C)c2[nH]c3cc(C#N)ccc3c2C(=O)c2cccc(OCC(=O)CO)c21. The molecule has 0 unspecified atom stereocenters. The molecule has 2 N–H and O–H groups in total. The molecule has 0 aliphatic heterocycles. The number of H-pyrrole nitrogens is 1. The number of nitrogens with one attached hydrogen (secondary N) is 1. The standard InChI is InChI=1S/C22H18N2O4/c1-22(2)19-15(4-3-5-17(19)28-11-13(26)10-25)20(27)18-14-7-6-12(9-23)8-16(14)24-21(18)22/h3-8,24-25H,10-11H2,1-2H3. The van der Waals surface area contributed by atoms with Crippen LogP contribution in [0.4, 0.5) is 0 Å². The first-order valence-corrected chi connectivity index (χ1v) is 8.88. The van der Waals surface area contributed by atoms with E-state index in [2.05, 4.69) is 11.1 Å². The van der Waals surface area contributed by atoms with E-state index in [0.29, 0.717) is 28.0 Å². The number of ether oxygens (including phenoxy) is 1. The molecule has 0 saturated heterocycles. The minimum Gasteiger partial charge on any atom is -0.485 e. The second kappa shape index (κ2) is 6.32. The van der Waals surface area contributed by atoms with Gasteiger partial charge in [0.15, 0.2) is 11.6 Å². The molecule has 0 radical (unpaired) electrons. The Labute approximate surface area is 161 Å². The number of carbonyl (C=O) groups excluding carboxylic acids is 2. The molecule has 2 aromatic carbocycles. The predicted octanol–water partition coefficient (Wildman–Crippen LogP) is 2.85. The predicted molar refractivity (Wildman–Crippen MR) is 103 cm³/mol. The van der Waals surface area contributed by atoms with E-state index in [0.717, 1.165) is 16.6 Å². The number of ketones is 2. The minimum absolute atomic E-state index is 0.126. The second-order valence-corrected chi connectivity index (χ2v) is 7.37. The second-order valence-electron chi connectivity index (χ2n) is 7.37. The topological polar surface area (TPSA) is 103 Å². The van der Waals surface area contributed by atoms with Crippen molar-refractivity contribution in [2.24, 2.45) is 0 Å². The third kappa shape index (κ3) is 2.52. The maximum atomic E-state index is 13.3. The molecule has 1 aliphatic carbocycles. The van der Waals surface area contributed by atoms with Gasteiger partial charge in [-0.25, -0.2) is 0 Å². The summed E-state index contributed by atoms with van der Waals surface area (Å²) >= 11 is 0. The highest BCUT2D eigenvalue weighted by atomic mass is 16.5. The zero-order valence-corrected chi connectivity index (χ0v) is 15.5. The van der Waals surface area contributed by atoms with Crippen molar-refractivity contribution in [3.05, 3.63) is 64.3 Å². The van der Waals surface area contributed by atoms with Crippen molar-refractivity contribution < 1.29 is 19.4 Å². The number of aromatic nitrogens is 1. The summed E-state index contributed by atoms with van der Waals surface area (Å²) in [6, 6.07) is 12.5. The van der Waals surface area contributed by atoms with Crippen LogP contribution >= 0.6 is 0 Å². The number of carbonyl (C=O) groups is 2. The zero-order valence-electron chi connectivity index (χ0n) is 15.5. The Morgan fingerprint density at radius 1 is 1.29 bits per heavy atom. The van der Waals surface area contributed by atoms with Crippen LogP contribution < -0.4 is 4.74 Å². The van der Waals surface area contributed by atoms with E-state index < -0.39 is 17.8 Å². The maximum absolute atomic E-state index is 13.3. The van der Waals surface area contributed by atoms with E-state index in [4.69, 9.17) is 15.1 Å². The van der Waals surface area contributed by atoms with Gasteiger partial charge in [0.05, 0.1) is 17.2 Å². The van der Waals surface area contributed by atoms with Crippen LogP contribution in [0.5, 0.6) is 5.75 Å². The molecule has 4 rings (SSSR count). The lowest BCUT2D eigenvalue weighted by atomic mass is 9.71. The van der Waals surface area contributed by atoms with Gasteiger partial charge in [0.1, 0.15) is 19.0 Å². The Kier molecular flexibility index (Phi) is 4.06. The van der Waals surface area contributed by atoms with Gasteiger partial charge in [-0.2, -0.15) is 5.26 Å². The smallest absolute Gasteiger partial charge is 0.195 e. The van der Waals surface area contributed by atoms with Crippen LogP contribution in [-0.4, -0.2) is 34.9 Å². The Morgan fingerprint density at radius 2 is 2.07 bits per heavy atom. The highest BCUT2D eigenvalue weighted by Crippen LogP contribution is 2.47. The van der Waals surface area contributed by atoms with Crippen molar-refractivity contribution in [1.29, 1.82) is 5.26 Å². The first kappa shape index (κ1) is 18.0. The van der Waals surface area contributed by atoms with Crippen molar-refractivity contribution in [3.8, 4) is 11.8 Å². The van der Waals surface area contributed by atoms with Gasteiger partial charge in [-0.05, 0) is 18.2 Å². The number of aromatic amines is 1. The highest BCUT2D eigenvalue weighted by Gasteiger charge is 2.41. The molecule has 0 atom stereocenters. The highest BCUT2D eigenvalue weighted by molar-refractivity contribution is 6.20. The van der Waals surface area contributed by atoms with Gasteiger partial charge in [0.2, 0.25) is 0 Å². The third-order valence-electron chi connectivity index (χ3n) is 5.24. The van der Waals surface area contributed by atoms with E-state index in [1.54, 1.807) is 36.4 Å². The monoisotopic (exact) mass is 374 g/mol. The summed E-state index contributed by atoms with van der Waals surface area (Å²) in [5.41, 5.74) is 3.22. The molecule has 6 nitrogen and oxygen atoms in total. The minimum atomic E-state index is -0.594. The number of hydrogen-bond donors (Lipinski definition) is 2. The van der Waals surface area contributed by atoms with Gasteiger partial charge in [-0.1, -0.05) is 32.0 Å². The first-order valence-electron chi connectivity index (χ1n) is 8.88. The van der Waals surface area contributed by atoms with Crippen molar-refractivity contribution >= 4 is 22.5 Å². The molecule has 140 valence electrons. The fourth-order valence-corrected chi connectivity index (χ4v) is 3.92. The average molecular weight is 374 g/mol. The fourth-order valence-electron chi connectivity index (χ4n) is 3.92. The normalized spacial score (nSPS) is 14.3. The summed E-state index contributed by atoms with van der Waals surface area (Å²) in [6.07, 6.45) is 0. The number of hydrogen-bond acceptors (Lipinski definition) is 5. The lowest BCUT2D eigenvalue weighted by Gasteiger charge is -2.33. The summed E-state index contributed by atoms with van der Waals surface area (Å²) < 4.78 is 5.65. The molecule has 0 saturated carbocycles. The Balaban J connectivity index is 1.92. The molecule has 1 aromatic heterocycles. The number of rotatable bonds is 4. The lowest BCUT2D eigenvalue weighted by molar-refractivity contribution is -0.123. The van der Waals surface area contributed by atoms with Crippen LogP contribution in [0.15, 0.2) is 36.4 Å². The molecular weight excluding hydrogens is 356 g/mol.